The summed E-state index contributed by atoms with van der Waals surface area (Å²) >= 11 is 0. The Bertz CT molecular complexity index is 1050. The predicted octanol–water partition coefficient (Wildman–Crippen LogP) is 2.41. The van der Waals surface area contributed by atoms with Crippen molar-refractivity contribution in [3.8, 4) is 0 Å². The van der Waals surface area contributed by atoms with E-state index in [1.165, 1.54) is 0 Å². The first kappa shape index (κ1) is 21.4. The van der Waals surface area contributed by atoms with Gasteiger partial charge in [-0.1, -0.05) is 42.5 Å². The van der Waals surface area contributed by atoms with Gasteiger partial charge in [0.25, 0.3) is 11.8 Å². The van der Waals surface area contributed by atoms with Crippen LogP contribution >= 0.6 is 0 Å². The zero-order chi connectivity index (χ0) is 22.9. The standard InChI is InChI=1S/C26H27N3O4/c30-23(18-10-11-18)27-19-12-14-28(15-13-19)26(33)22(16-17-6-2-1-3-7-17)29-24(31)20-8-4-5-9-21(20)25(29)32/h1-9,18-19,22H,10-16H2,(H,27,30). The van der Waals surface area contributed by atoms with E-state index in [1.54, 1.807) is 29.2 Å². The van der Waals surface area contributed by atoms with Crippen LogP contribution in [0.15, 0.2) is 54.6 Å². The van der Waals surface area contributed by atoms with Crippen molar-refractivity contribution >= 4 is 23.6 Å². The van der Waals surface area contributed by atoms with Crippen molar-refractivity contribution in [2.45, 2.75) is 44.2 Å². The highest BCUT2D eigenvalue weighted by molar-refractivity contribution is 6.22. The highest BCUT2D eigenvalue weighted by Gasteiger charge is 2.44. The Morgan fingerprint density at radius 1 is 0.848 bits per heavy atom. The summed E-state index contributed by atoms with van der Waals surface area (Å²) in [7, 11) is 0. The third kappa shape index (κ3) is 4.27. The second-order valence-electron chi connectivity index (χ2n) is 9.11. The molecule has 3 aliphatic rings. The Balaban J connectivity index is 1.34. The van der Waals surface area contributed by atoms with Gasteiger partial charge in [-0.25, -0.2) is 0 Å². The van der Waals surface area contributed by atoms with E-state index in [2.05, 4.69) is 5.32 Å². The number of nitrogens with zero attached hydrogens (tertiary/aromatic N) is 2. The molecule has 0 aromatic heterocycles. The van der Waals surface area contributed by atoms with Crippen molar-refractivity contribution in [2.24, 2.45) is 5.92 Å². The molecule has 2 aliphatic heterocycles. The fourth-order valence-corrected chi connectivity index (χ4v) is 4.74. The lowest BCUT2D eigenvalue weighted by Crippen LogP contribution is -2.55. The first-order valence-electron chi connectivity index (χ1n) is 11.6. The number of hydrogen-bond donors (Lipinski definition) is 1. The SMILES string of the molecule is O=C(NC1CCN(C(=O)C(Cc2ccccc2)N2C(=O)c3ccccc3C2=O)CC1)C1CC1. The number of carbonyl (C=O) groups excluding carboxylic acids is 4. The fraction of sp³-hybridized carbons (Fsp3) is 0.385. The van der Waals surface area contributed by atoms with Gasteiger partial charge in [-0.2, -0.15) is 0 Å². The monoisotopic (exact) mass is 445 g/mol. The number of piperidine rings is 1. The van der Waals surface area contributed by atoms with E-state index in [9.17, 15) is 19.2 Å². The molecule has 170 valence electrons. The molecule has 2 aromatic carbocycles. The lowest BCUT2D eigenvalue weighted by Gasteiger charge is -2.36. The molecule has 0 spiro atoms. The average Bonchev–Trinajstić information content (AvgIpc) is 3.66. The Morgan fingerprint density at radius 3 is 2.00 bits per heavy atom. The van der Waals surface area contributed by atoms with Crippen LogP contribution in [-0.4, -0.2) is 58.6 Å². The fourth-order valence-electron chi connectivity index (χ4n) is 4.74. The number of imide groups is 1. The molecule has 1 saturated heterocycles. The molecule has 1 atom stereocenters. The number of fused-ring (bicyclic) bond motifs is 1. The molecule has 2 fully saturated rings. The van der Waals surface area contributed by atoms with Crippen LogP contribution in [0.5, 0.6) is 0 Å². The molecule has 7 heteroatoms. The van der Waals surface area contributed by atoms with Crippen LogP contribution in [-0.2, 0) is 16.0 Å². The second kappa shape index (κ2) is 8.81. The molecule has 0 radical (unpaired) electrons. The van der Waals surface area contributed by atoms with Crippen molar-refractivity contribution in [3.05, 3.63) is 71.3 Å². The van der Waals surface area contributed by atoms with Gasteiger partial charge in [-0.15, -0.1) is 0 Å². The molecule has 1 unspecified atom stereocenters. The summed E-state index contributed by atoms with van der Waals surface area (Å²) in [4.78, 5) is 54.9. The Labute approximate surface area is 192 Å². The number of hydrogen-bond acceptors (Lipinski definition) is 4. The molecule has 2 aromatic rings. The van der Waals surface area contributed by atoms with Crippen molar-refractivity contribution < 1.29 is 19.2 Å². The predicted molar refractivity (Wildman–Crippen MR) is 121 cm³/mol. The maximum Gasteiger partial charge on any atom is 0.262 e. The summed E-state index contributed by atoms with van der Waals surface area (Å²) in [5.74, 6) is -0.783. The summed E-state index contributed by atoms with van der Waals surface area (Å²) in [6.07, 6.45) is 3.54. The van der Waals surface area contributed by atoms with Crippen molar-refractivity contribution in [1.29, 1.82) is 0 Å². The van der Waals surface area contributed by atoms with Gasteiger partial charge in [-0.05, 0) is 43.4 Å². The minimum absolute atomic E-state index is 0.0639. The highest BCUT2D eigenvalue weighted by Crippen LogP contribution is 2.30. The molecule has 33 heavy (non-hydrogen) atoms. The highest BCUT2D eigenvalue weighted by atomic mass is 16.2. The van der Waals surface area contributed by atoms with E-state index in [-0.39, 0.29) is 30.2 Å². The lowest BCUT2D eigenvalue weighted by atomic mass is 10.00. The molecule has 5 rings (SSSR count). The first-order chi connectivity index (χ1) is 16.0. The van der Waals surface area contributed by atoms with Crippen LogP contribution in [0.25, 0.3) is 0 Å². The van der Waals surface area contributed by atoms with Gasteiger partial charge in [0.15, 0.2) is 0 Å². The third-order valence-corrected chi connectivity index (χ3v) is 6.80. The maximum absolute atomic E-state index is 13.7. The van der Waals surface area contributed by atoms with E-state index in [0.29, 0.717) is 37.1 Å². The Kier molecular flexibility index (Phi) is 5.70. The van der Waals surface area contributed by atoms with Gasteiger partial charge in [-0.3, -0.25) is 24.1 Å². The number of amides is 4. The lowest BCUT2D eigenvalue weighted by molar-refractivity contribution is -0.136. The molecule has 1 N–H and O–H groups in total. The number of carbonyl (C=O) groups is 4. The summed E-state index contributed by atoms with van der Waals surface area (Å²) in [6, 6.07) is 15.3. The largest absolute Gasteiger partial charge is 0.353 e. The van der Waals surface area contributed by atoms with Gasteiger partial charge >= 0.3 is 0 Å². The van der Waals surface area contributed by atoms with Crippen molar-refractivity contribution in [2.75, 3.05) is 13.1 Å². The van der Waals surface area contributed by atoms with Crippen LogP contribution < -0.4 is 5.32 Å². The van der Waals surface area contributed by atoms with Crippen LogP contribution in [0.1, 0.15) is 52.0 Å². The number of benzene rings is 2. The molecule has 0 bridgehead atoms. The molecular weight excluding hydrogens is 418 g/mol. The van der Waals surface area contributed by atoms with Gasteiger partial charge in [0.2, 0.25) is 11.8 Å². The molecule has 7 nitrogen and oxygen atoms in total. The van der Waals surface area contributed by atoms with Crippen LogP contribution in [0.2, 0.25) is 0 Å². The zero-order valence-corrected chi connectivity index (χ0v) is 18.4. The van der Waals surface area contributed by atoms with Gasteiger partial charge in [0.05, 0.1) is 11.1 Å². The van der Waals surface area contributed by atoms with E-state index >= 15 is 0 Å². The molecular formula is C26H27N3O4. The molecule has 1 saturated carbocycles. The molecule has 1 aliphatic carbocycles. The molecule has 4 amide bonds. The van der Waals surface area contributed by atoms with E-state index in [1.807, 2.05) is 30.3 Å². The second-order valence-corrected chi connectivity index (χ2v) is 9.11. The first-order valence-corrected chi connectivity index (χ1v) is 11.6. The van der Waals surface area contributed by atoms with Crippen LogP contribution in [0, 0.1) is 5.92 Å². The topological polar surface area (TPSA) is 86.8 Å². The summed E-state index contributed by atoms with van der Waals surface area (Å²) in [6.45, 7) is 0.978. The number of rotatable bonds is 6. The maximum atomic E-state index is 13.7. The zero-order valence-electron chi connectivity index (χ0n) is 18.4. The van der Waals surface area contributed by atoms with Crippen molar-refractivity contribution in [3.63, 3.8) is 0 Å². The summed E-state index contributed by atoms with van der Waals surface area (Å²) in [5.41, 5.74) is 1.57. The van der Waals surface area contributed by atoms with Crippen molar-refractivity contribution in [1.82, 2.24) is 15.1 Å². The summed E-state index contributed by atoms with van der Waals surface area (Å²) in [5, 5.41) is 3.09. The van der Waals surface area contributed by atoms with Crippen LogP contribution in [0.3, 0.4) is 0 Å². The van der Waals surface area contributed by atoms with E-state index in [0.717, 1.165) is 23.3 Å². The average molecular weight is 446 g/mol. The quantitative estimate of drug-likeness (QED) is 0.692. The third-order valence-electron chi connectivity index (χ3n) is 6.80. The van der Waals surface area contributed by atoms with Gasteiger partial charge in [0, 0.05) is 31.5 Å². The minimum atomic E-state index is -0.905. The number of nitrogens with one attached hydrogen (secondary N) is 1. The van der Waals surface area contributed by atoms with E-state index < -0.39 is 17.9 Å². The summed E-state index contributed by atoms with van der Waals surface area (Å²) < 4.78 is 0. The number of likely N-dealkylation sites (tertiary alicyclic amines) is 1. The van der Waals surface area contributed by atoms with Gasteiger partial charge in [0.1, 0.15) is 6.04 Å². The Hall–Kier alpha value is -3.48. The van der Waals surface area contributed by atoms with Gasteiger partial charge < -0.3 is 10.2 Å². The molecule has 2 heterocycles. The normalized spacial score (nSPS) is 19.4. The minimum Gasteiger partial charge on any atom is -0.353 e. The van der Waals surface area contributed by atoms with E-state index in [4.69, 9.17) is 0 Å². The Morgan fingerprint density at radius 2 is 1.42 bits per heavy atom. The van der Waals surface area contributed by atoms with Crippen LogP contribution in [0.4, 0.5) is 0 Å². The smallest absolute Gasteiger partial charge is 0.262 e.